The average molecular weight is 1970 g/mol. The molecule has 6 N–H and O–H groups in total. The van der Waals surface area contributed by atoms with Crippen molar-refractivity contribution in [3.63, 3.8) is 0 Å². The molecule has 4 aliphatic rings. The highest BCUT2D eigenvalue weighted by molar-refractivity contribution is 6.39. The molecule has 3 fully saturated rings. The number of esters is 1. The zero-order valence-corrected chi connectivity index (χ0v) is 79.3. The summed E-state index contributed by atoms with van der Waals surface area (Å²) < 4.78 is 30.2. The molecule has 0 aromatic rings. The van der Waals surface area contributed by atoms with Crippen LogP contribution in [0.15, 0.2) is 35.5 Å². The molecule has 0 unspecified atom stereocenters. The number of Topliss-reactive ketones (excluding diaryl/α,β-unsaturated/α-hetero) is 2. The van der Waals surface area contributed by atoms with Crippen molar-refractivity contribution < 1.29 is 183 Å². The van der Waals surface area contributed by atoms with Crippen LogP contribution in [0.3, 0.4) is 0 Å². The zero-order valence-electron chi connectivity index (χ0n) is 79.3. The van der Waals surface area contributed by atoms with Gasteiger partial charge in [0.15, 0.2) is 0 Å². The number of allylic oxidation sites excluding steroid dienone is 5. The fraction of sp³-hybridized carbons (Fsp3) is 0.421. The van der Waals surface area contributed by atoms with Crippen molar-refractivity contribution in [3.8, 4) is 332 Å². The molecule has 4 rings (SSSR count). The predicted octanol–water partition coefficient (Wildman–Crippen LogP) is 20.3. The number of hydrogen-bond acceptors (Lipinski definition) is 25. The van der Waals surface area contributed by atoms with E-state index in [0.29, 0.717) is 56.9 Å². The molecular formula is C114H192N2O24. The Morgan fingerprint density at radius 1 is 0.493 bits per heavy atom. The van der Waals surface area contributed by atoms with Gasteiger partial charge < -0.3 is 43.9 Å². The summed E-state index contributed by atoms with van der Waals surface area (Å²) in [5.74, 6) is 129. The quantitative estimate of drug-likeness (QED) is 0.00771. The number of piperidine rings is 1. The maximum absolute atomic E-state index is 14.5. The molecule has 0 aromatic heterocycles. The molecule has 1 aliphatic carbocycles. The first kappa shape index (κ1) is 120. The van der Waals surface area contributed by atoms with Crippen LogP contribution in [0.5, 0.6) is 0 Å². The average Bonchev–Trinajstić information content (AvgIpc) is 0.835. The first-order valence-electron chi connectivity index (χ1n) is 43.8. The fourth-order valence-electron chi connectivity index (χ4n) is 13.3. The second-order valence-electron chi connectivity index (χ2n) is 29.6. The van der Waals surface area contributed by atoms with Gasteiger partial charge in [-0.3, -0.25) is 14.4 Å². The Balaban J connectivity index is -0.0000000383. The molecule has 14 atom stereocenters. The van der Waals surface area contributed by atoms with E-state index in [-0.39, 0.29) is 114 Å². The molecule has 26 heteroatoms. The first-order chi connectivity index (χ1) is 68.3. The second-order valence-corrected chi connectivity index (χ2v) is 29.6. The normalized spacial score (nSPS) is 20.5. The Labute approximate surface area is 891 Å². The molecule has 2 bridgehead atoms. The Morgan fingerprint density at radius 2 is 0.886 bits per heavy atom. The van der Waals surface area contributed by atoms with Crippen molar-refractivity contribution in [1.82, 2.24) is 10.5 Å². The number of ether oxygens (including phenoxy) is 5. The van der Waals surface area contributed by atoms with Crippen LogP contribution in [0.1, 0.15) is 260 Å². The number of ketones is 2. The van der Waals surface area contributed by atoms with Crippen LogP contribution in [-0.2, 0) is 93.1 Å². The topological polar surface area (TPSA) is 323 Å². The number of unbranched alkanes of at least 4 members (excludes halogenated alkanes) is 11. The summed E-state index contributed by atoms with van der Waals surface area (Å²) in [7, 11) is 4.68. The molecule has 26 nitrogen and oxygen atoms in total. The van der Waals surface area contributed by atoms with Gasteiger partial charge in [-0.1, -0.05) is 138 Å². The van der Waals surface area contributed by atoms with Crippen LogP contribution >= 0.6 is 0 Å². The predicted molar refractivity (Wildman–Crippen MR) is 611 cm³/mol. The summed E-state index contributed by atoms with van der Waals surface area (Å²) in [5.41, 5.74) is 3.05. The van der Waals surface area contributed by atoms with Gasteiger partial charge in [-0.05, 0) is 256 Å². The minimum atomic E-state index is -2.51. The third kappa shape index (κ3) is 58.6. The van der Waals surface area contributed by atoms with E-state index in [2.05, 4.69) is 402 Å². The minimum absolute atomic E-state index is 0. The van der Waals surface area contributed by atoms with Crippen LogP contribution in [0, 0.1) is 362 Å². The molecule has 0 aromatic carbocycles. The lowest BCUT2D eigenvalue weighted by molar-refractivity contribution is -0.792. The third-order valence-electron chi connectivity index (χ3n) is 19.7. The smallest absolute Gasteiger partial charge is 0.329 e. The number of aliphatic hydroxyl groups is 3. The van der Waals surface area contributed by atoms with Gasteiger partial charge in [0.25, 0.3) is 11.7 Å². The number of amides is 1. The van der Waals surface area contributed by atoms with Crippen molar-refractivity contribution in [2.45, 2.75) is 251 Å². The van der Waals surface area contributed by atoms with Crippen LogP contribution < -0.4 is 5.64 Å². The number of aliphatic hydroxyl groups excluding tert-OH is 2. The van der Waals surface area contributed by atoms with Crippen LogP contribution in [0.25, 0.3) is 0 Å². The number of hydrogen-bond donors (Lipinski definition) is 6. The maximum atomic E-state index is 14.5. The summed E-state index contributed by atoms with van der Waals surface area (Å²) in [6.45, 7) is 13.4. The van der Waals surface area contributed by atoms with Gasteiger partial charge in [-0.15, -0.1) is 6.42 Å². The van der Waals surface area contributed by atoms with Crippen LogP contribution in [0.2, 0.25) is 0 Å². The Hall–Kier alpha value is -15.6. The number of terminal acetylenes is 1. The zero-order chi connectivity index (χ0) is 102. The molecule has 3 aliphatic heterocycles. The number of nitrogens with zero attached hydrogens (tertiary/aromatic N) is 1. The summed E-state index contributed by atoms with van der Waals surface area (Å²) in [5, 5.41) is 75.6. The minimum Gasteiger partial charge on any atom is -0.456 e. The highest BCUT2D eigenvalue weighted by Gasteiger charge is 2.57. The molecule has 1 saturated carbocycles. The Bertz CT molecular complexity index is 6370. The van der Waals surface area contributed by atoms with E-state index in [9.17, 15) is 34.5 Å². The lowest BCUT2D eigenvalue weighted by atomic mass is 9.81. The number of rotatable bonds is 29. The van der Waals surface area contributed by atoms with E-state index in [0.717, 1.165) is 18.4 Å². The highest BCUT2D eigenvalue weighted by atomic mass is 17.9. The third-order valence-corrected chi connectivity index (χ3v) is 19.7. The van der Waals surface area contributed by atoms with Gasteiger partial charge in [-0.25, -0.2) is 15.3 Å². The monoisotopic (exact) mass is 1970 g/mol. The molecule has 0 radical (unpaired) electrons. The molecule has 1 amide bonds. The van der Waals surface area contributed by atoms with Gasteiger partial charge in [0, 0.05) is 341 Å². The number of cyclic esters (lactones) is 1. The molecular weight excluding hydrogens is 1780 g/mol. The van der Waals surface area contributed by atoms with Gasteiger partial charge in [0.1, 0.15) is 24.0 Å². The van der Waals surface area contributed by atoms with E-state index in [1.165, 1.54) is 74.8 Å². The van der Waals surface area contributed by atoms with Gasteiger partial charge >= 0.3 is 5.97 Å². The van der Waals surface area contributed by atoms with Gasteiger partial charge in [0.2, 0.25) is 5.79 Å². The molecule has 140 heavy (non-hydrogen) atoms. The van der Waals surface area contributed by atoms with E-state index in [4.69, 9.17) is 40.6 Å². The summed E-state index contributed by atoms with van der Waals surface area (Å²) in [4.78, 5) is 66.3. The number of carbonyl (C=O) groups is 4. The van der Waals surface area contributed by atoms with Gasteiger partial charge in [-0.2, -0.15) is 0 Å². The second kappa shape index (κ2) is 82.8. The lowest BCUT2D eigenvalue weighted by Gasteiger charge is -2.47. The Kier molecular flexibility index (Phi) is 71.2. The standard InChI is InChI=1S/C57H95NO12.C57H4.H3NO12.45H2/c1-10-11-12-13-14-15-16-17-18-19-20-21-22-23-26-44-32-38(2)31-39(3)33-50(67-8)53-51(68-9)35-41(5)57(65,70-53)54(62)55(63)58-30-25-24-27-45(58)56(64)69-52(42(6)47(60)37-48(44)61)40(4)34-43-28-29-46(59)49(36-43)66-7;1-3-5-7-9-11-13-15-17-19-21-23-25-27-29-31-33-35-37-39-41-43-45-47-49-51-53-55-57-56-54-52-50-48-46-44-42-40-38-36-34-32-30-28-26-24-22-20-18-16-14-12-10-8-6-4-2;2-6-10-12-8-4-1-5-9-13-11-7-3;;;;;;;;;;;;;;;;;;;;;;;;;;;;;;;;;;;;;;;;;;;;;/h22-23,32,34,39,41-47,49-53,59-60,65H,10-21,24-31,33,35-37H2,1-9H3;1H,2H3;1-3H;45*1H/b23-22+,38-32+,40-34+;;;;;;;;;;;;;;;;;;;;;;;;;;;;;;;;;;;;;;;;;;;;;;;/t39-,41+,42+,43-,44+,45-,46+,47-,49+,50-,51-,52+,53+,57+;;;;;;;;;;;;;;;;;;;;;;;;;;;;;;;;;;;;;;;;;;;;;;;/m0.............................................../s1. The van der Waals surface area contributed by atoms with E-state index in [1.54, 1.807) is 42.1 Å². The maximum Gasteiger partial charge on any atom is 0.329 e. The summed E-state index contributed by atoms with van der Waals surface area (Å²) in [6, 6.07) is -1.14. The van der Waals surface area contributed by atoms with Crippen molar-refractivity contribution in [1.29, 1.82) is 0 Å². The largest absolute Gasteiger partial charge is 0.456 e. The van der Waals surface area contributed by atoms with Crippen molar-refractivity contribution in [2.24, 2.45) is 29.6 Å². The van der Waals surface area contributed by atoms with Crippen molar-refractivity contribution >= 4 is 23.4 Å². The van der Waals surface area contributed by atoms with E-state index >= 15 is 0 Å². The number of methoxy groups -OCH3 is 3. The van der Waals surface area contributed by atoms with Crippen LogP contribution in [-0.4, -0.2) is 137 Å². The van der Waals surface area contributed by atoms with E-state index < -0.39 is 83.9 Å². The van der Waals surface area contributed by atoms with Gasteiger partial charge in [0.05, 0.1) is 30.5 Å². The first-order valence-corrected chi connectivity index (χ1v) is 43.8. The SMILES string of the molecule is C#CC#CC#CC#CC#CC#CC#CC#CC#CC#CC#CC#CC#CC#CC#CC#CC#CC#CC#CC#CC#CC#CC#CC#CC#CC#CC#CC#CC.CCCCCCCCCCCCC/C=C/C[C@@H]1/C=C(\C)C[C@H](C)C[C@H](OC)[C@H]2O[C@@](O)(C(=O)C(=O)N3CCCC[C@H]3C(=O)O[C@H](/C(C)=C/[C@@H]3CC[C@@H](O)[C@H](OC)C3)[C@H](C)[C@@H](O)CC1=O)[C@H](C)C[C@@H]2OC.OOOOOONOOOOOO.[HH].[HH].[HH].[HH].[HH].[HH].[HH].[HH].[HH].[HH].[HH].[HH].[HH].[HH].[HH].[HH].[HH].[HH].[HH].[HH].[HH].[HH].[HH].[HH].[HH].[HH].[HH].[HH].[HH].[HH].[HH].[HH].[HH].[HH].[HH].[HH].[HH].[HH].[HH].[HH].[HH].[HH].[HH].[HH].[HH]. The number of carbonyl (C=O) groups excluding carboxylic acids is 4. The molecule has 3 heterocycles. The van der Waals surface area contributed by atoms with Crippen molar-refractivity contribution in [2.75, 3.05) is 27.9 Å². The van der Waals surface area contributed by atoms with E-state index in [1.807, 2.05) is 26.0 Å². The Morgan fingerprint density at radius 3 is 1.28 bits per heavy atom. The molecule has 0 spiro atoms. The summed E-state index contributed by atoms with van der Waals surface area (Å²) >= 11 is 0. The molecule has 2 saturated heterocycles. The number of fused-ring (bicyclic) bond motifs is 3. The van der Waals surface area contributed by atoms with Crippen LogP contribution in [0.4, 0.5) is 0 Å². The highest BCUT2D eigenvalue weighted by Crippen LogP contribution is 2.40. The molecule has 802 valence electrons. The number of nitrogens with one attached hydrogen (secondary N) is 1. The van der Waals surface area contributed by atoms with Crippen molar-refractivity contribution in [3.05, 3.63) is 35.5 Å². The lowest BCUT2D eigenvalue weighted by Crippen LogP contribution is -2.64. The summed E-state index contributed by atoms with van der Waals surface area (Å²) in [6.07, 6.45) is 27.8. The fourth-order valence-corrected chi connectivity index (χ4v) is 13.3.